The molecule has 0 aliphatic carbocycles. The number of hydrogen-bond donors (Lipinski definition) is 0. The molecule has 0 N–H and O–H groups in total. The van der Waals surface area contributed by atoms with Gasteiger partial charge in [-0.1, -0.05) is 23.4 Å². The number of para-hydroxylation sites is 1. The van der Waals surface area contributed by atoms with E-state index in [-0.39, 0.29) is 23.7 Å². The summed E-state index contributed by atoms with van der Waals surface area (Å²) < 4.78 is 19.2. The molecule has 1 amide bonds. The van der Waals surface area contributed by atoms with E-state index in [0.717, 1.165) is 5.56 Å². The highest BCUT2D eigenvalue weighted by Crippen LogP contribution is 2.20. The van der Waals surface area contributed by atoms with Gasteiger partial charge in [0.05, 0.1) is 6.54 Å². The molecule has 3 aromatic heterocycles. The Kier molecular flexibility index (Phi) is 4.33. The van der Waals surface area contributed by atoms with Crippen LogP contribution in [0.2, 0.25) is 0 Å². The Bertz CT molecular complexity index is 1110. The van der Waals surface area contributed by atoms with Crippen molar-refractivity contribution in [1.29, 1.82) is 0 Å². The van der Waals surface area contributed by atoms with E-state index in [1.165, 1.54) is 11.0 Å². The zero-order valence-electron chi connectivity index (χ0n) is 14.5. The summed E-state index contributed by atoms with van der Waals surface area (Å²) in [4.78, 5) is 22.2. The van der Waals surface area contributed by atoms with Crippen LogP contribution in [0.15, 0.2) is 65.4 Å². The number of pyridine rings is 2. The molecule has 0 bridgehead atoms. The molecule has 4 rings (SSSR count). The predicted octanol–water partition coefficient (Wildman–Crippen LogP) is 3.70. The lowest BCUT2D eigenvalue weighted by molar-refractivity contribution is 0.0767. The van der Waals surface area contributed by atoms with E-state index in [0.29, 0.717) is 16.8 Å². The van der Waals surface area contributed by atoms with E-state index in [2.05, 4.69) is 15.1 Å². The molecule has 6 nitrogen and oxygen atoms in total. The van der Waals surface area contributed by atoms with Crippen LogP contribution in [0.1, 0.15) is 16.2 Å². The molecule has 0 aliphatic rings. The van der Waals surface area contributed by atoms with Crippen LogP contribution in [0.5, 0.6) is 0 Å². The average molecular weight is 362 g/mol. The molecule has 0 spiro atoms. The Hall–Kier alpha value is -3.61. The van der Waals surface area contributed by atoms with Gasteiger partial charge in [0.1, 0.15) is 22.7 Å². The minimum atomic E-state index is -0.456. The van der Waals surface area contributed by atoms with Crippen LogP contribution in [-0.2, 0) is 6.54 Å². The zero-order chi connectivity index (χ0) is 18.8. The van der Waals surface area contributed by atoms with Crippen molar-refractivity contribution in [3.8, 4) is 11.3 Å². The largest absolute Gasteiger partial charge is 0.359 e. The van der Waals surface area contributed by atoms with Crippen LogP contribution in [-0.4, -0.2) is 33.0 Å². The number of rotatable bonds is 4. The normalized spacial score (nSPS) is 10.9. The molecule has 0 saturated carbocycles. The van der Waals surface area contributed by atoms with Crippen molar-refractivity contribution in [2.75, 3.05) is 7.05 Å². The van der Waals surface area contributed by atoms with Crippen molar-refractivity contribution in [3.63, 3.8) is 0 Å². The van der Waals surface area contributed by atoms with E-state index in [1.54, 1.807) is 49.8 Å². The van der Waals surface area contributed by atoms with Gasteiger partial charge in [-0.05, 0) is 24.3 Å². The number of amides is 1. The summed E-state index contributed by atoms with van der Waals surface area (Å²) in [6, 6.07) is 13.4. The molecule has 0 unspecified atom stereocenters. The van der Waals surface area contributed by atoms with Gasteiger partial charge in [-0.25, -0.2) is 9.37 Å². The standard InChI is InChI=1S/C20H15FN4O2/c1-25(12-15-11-18(24-27-15)13-7-9-22-10-8-13)20(26)17-6-5-14-3-2-4-16(21)19(14)23-17/h2-11H,12H2,1H3. The molecular formula is C20H15FN4O2. The molecule has 4 aromatic rings. The summed E-state index contributed by atoms with van der Waals surface area (Å²) in [5, 5.41) is 4.66. The van der Waals surface area contributed by atoms with Gasteiger partial charge in [0.15, 0.2) is 5.76 Å². The minimum absolute atomic E-state index is 0.170. The Morgan fingerprint density at radius 1 is 1.15 bits per heavy atom. The van der Waals surface area contributed by atoms with Crippen molar-refractivity contribution >= 4 is 16.8 Å². The second-order valence-electron chi connectivity index (χ2n) is 6.08. The van der Waals surface area contributed by atoms with Gasteiger partial charge >= 0.3 is 0 Å². The number of carbonyl (C=O) groups excluding carboxylic acids is 1. The van der Waals surface area contributed by atoms with Crippen molar-refractivity contribution in [3.05, 3.63) is 78.2 Å². The number of carbonyl (C=O) groups is 1. The van der Waals surface area contributed by atoms with E-state index in [9.17, 15) is 9.18 Å². The average Bonchev–Trinajstić information content (AvgIpc) is 3.16. The quantitative estimate of drug-likeness (QED) is 0.554. The minimum Gasteiger partial charge on any atom is -0.359 e. The monoisotopic (exact) mass is 362 g/mol. The van der Waals surface area contributed by atoms with Gasteiger partial charge < -0.3 is 9.42 Å². The number of halogens is 1. The van der Waals surface area contributed by atoms with Crippen LogP contribution in [0, 0.1) is 5.82 Å². The smallest absolute Gasteiger partial charge is 0.272 e. The zero-order valence-corrected chi connectivity index (χ0v) is 14.5. The predicted molar refractivity (Wildman–Crippen MR) is 97.2 cm³/mol. The first kappa shape index (κ1) is 16.8. The van der Waals surface area contributed by atoms with Crippen molar-refractivity contribution in [2.24, 2.45) is 0 Å². The van der Waals surface area contributed by atoms with Crippen LogP contribution < -0.4 is 0 Å². The Morgan fingerprint density at radius 3 is 2.78 bits per heavy atom. The maximum absolute atomic E-state index is 13.9. The topological polar surface area (TPSA) is 72.1 Å². The fraction of sp³-hybridized carbons (Fsp3) is 0.100. The van der Waals surface area contributed by atoms with Crippen LogP contribution >= 0.6 is 0 Å². The molecule has 0 atom stereocenters. The Balaban J connectivity index is 1.53. The third kappa shape index (κ3) is 3.39. The fourth-order valence-corrected chi connectivity index (χ4v) is 2.78. The molecule has 27 heavy (non-hydrogen) atoms. The maximum atomic E-state index is 13.9. The summed E-state index contributed by atoms with van der Waals surface area (Å²) in [6.45, 7) is 0.216. The lowest BCUT2D eigenvalue weighted by Crippen LogP contribution is -2.26. The highest BCUT2D eigenvalue weighted by molar-refractivity contribution is 5.94. The summed E-state index contributed by atoms with van der Waals surface area (Å²) in [6.07, 6.45) is 3.34. The van der Waals surface area contributed by atoms with Gasteiger partial charge in [0.25, 0.3) is 5.91 Å². The number of fused-ring (bicyclic) bond motifs is 1. The van der Waals surface area contributed by atoms with Gasteiger partial charge in [-0.15, -0.1) is 0 Å². The molecule has 0 radical (unpaired) electrons. The first-order chi connectivity index (χ1) is 13.1. The number of aromatic nitrogens is 3. The van der Waals surface area contributed by atoms with Gasteiger partial charge in [0, 0.05) is 36.5 Å². The second kappa shape index (κ2) is 6.95. The van der Waals surface area contributed by atoms with Crippen LogP contribution in [0.25, 0.3) is 22.2 Å². The van der Waals surface area contributed by atoms with E-state index in [1.807, 2.05) is 12.1 Å². The molecule has 7 heteroatoms. The second-order valence-corrected chi connectivity index (χ2v) is 6.08. The molecule has 1 aromatic carbocycles. The lowest BCUT2D eigenvalue weighted by atomic mass is 10.2. The first-order valence-electron chi connectivity index (χ1n) is 8.28. The van der Waals surface area contributed by atoms with Crippen LogP contribution in [0.3, 0.4) is 0 Å². The number of nitrogens with zero attached hydrogens (tertiary/aromatic N) is 4. The summed E-state index contributed by atoms with van der Waals surface area (Å²) in [7, 11) is 1.63. The molecular weight excluding hydrogens is 347 g/mol. The SMILES string of the molecule is CN(Cc1cc(-c2ccncc2)no1)C(=O)c1ccc2cccc(F)c2n1. The summed E-state index contributed by atoms with van der Waals surface area (Å²) in [5.41, 5.74) is 1.89. The highest BCUT2D eigenvalue weighted by atomic mass is 19.1. The third-order valence-electron chi connectivity index (χ3n) is 4.16. The van der Waals surface area contributed by atoms with Crippen molar-refractivity contribution < 1.29 is 13.7 Å². The van der Waals surface area contributed by atoms with E-state index >= 15 is 0 Å². The third-order valence-corrected chi connectivity index (χ3v) is 4.16. The molecule has 0 saturated heterocycles. The summed E-state index contributed by atoms with van der Waals surface area (Å²) >= 11 is 0. The first-order valence-corrected chi connectivity index (χ1v) is 8.28. The van der Waals surface area contributed by atoms with E-state index in [4.69, 9.17) is 4.52 Å². The number of benzene rings is 1. The van der Waals surface area contributed by atoms with Gasteiger partial charge in [-0.3, -0.25) is 9.78 Å². The lowest BCUT2D eigenvalue weighted by Gasteiger charge is -2.15. The molecule has 134 valence electrons. The maximum Gasteiger partial charge on any atom is 0.272 e. The summed E-state index contributed by atoms with van der Waals surface area (Å²) in [5.74, 6) is -0.256. The Labute approximate surface area is 154 Å². The van der Waals surface area contributed by atoms with Gasteiger partial charge in [-0.2, -0.15) is 0 Å². The molecule has 3 heterocycles. The molecule has 0 aliphatic heterocycles. The molecule has 0 fully saturated rings. The Morgan fingerprint density at radius 2 is 1.96 bits per heavy atom. The van der Waals surface area contributed by atoms with Gasteiger partial charge in [0.2, 0.25) is 0 Å². The fourth-order valence-electron chi connectivity index (χ4n) is 2.78. The van der Waals surface area contributed by atoms with Crippen LogP contribution in [0.4, 0.5) is 4.39 Å². The van der Waals surface area contributed by atoms with Crippen molar-refractivity contribution in [2.45, 2.75) is 6.54 Å². The highest BCUT2D eigenvalue weighted by Gasteiger charge is 2.17. The van der Waals surface area contributed by atoms with Crippen molar-refractivity contribution in [1.82, 2.24) is 20.0 Å². The van der Waals surface area contributed by atoms with E-state index < -0.39 is 5.82 Å². The number of hydrogen-bond acceptors (Lipinski definition) is 5.